The molecular weight excluding hydrogens is 254 g/mol. The second-order valence-corrected chi connectivity index (χ2v) is 7.05. The number of nitrogens with one attached hydrogen (secondary N) is 1. The first-order chi connectivity index (χ1) is 8.82. The Bertz CT molecular complexity index is 390. The molecule has 1 aromatic rings. The van der Waals surface area contributed by atoms with Crippen molar-refractivity contribution < 1.29 is 0 Å². The van der Waals surface area contributed by atoms with Gasteiger partial charge in [0, 0.05) is 36.6 Å². The zero-order valence-electron chi connectivity index (χ0n) is 12.9. The lowest BCUT2D eigenvalue weighted by Gasteiger charge is -2.34. The van der Waals surface area contributed by atoms with Crippen molar-refractivity contribution in [2.24, 2.45) is 0 Å². The van der Waals surface area contributed by atoms with Crippen LogP contribution in [0.1, 0.15) is 45.3 Å². The molecule has 0 radical (unpaired) electrons. The monoisotopic (exact) mass is 281 g/mol. The minimum atomic E-state index is 0.133. The van der Waals surface area contributed by atoms with Crippen LogP contribution in [0.4, 0.5) is 0 Å². The molecule has 0 saturated heterocycles. The molecule has 0 aromatic carbocycles. The van der Waals surface area contributed by atoms with Crippen LogP contribution in [0.25, 0.3) is 0 Å². The molecule has 0 atom stereocenters. The largest absolute Gasteiger partial charge is 0.308 e. The van der Waals surface area contributed by atoms with Crippen LogP contribution in [0, 0.1) is 0 Å². The summed E-state index contributed by atoms with van der Waals surface area (Å²) >= 11 is 1.74. The van der Waals surface area contributed by atoms with Gasteiger partial charge >= 0.3 is 0 Å². The molecule has 19 heavy (non-hydrogen) atoms. The lowest BCUT2D eigenvalue weighted by Crippen LogP contribution is -2.40. The lowest BCUT2D eigenvalue weighted by molar-refractivity contribution is 0.144. The van der Waals surface area contributed by atoms with E-state index in [1.54, 1.807) is 11.3 Å². The van der Waals surface area contributed by atoms with Crippen LogP contribution in [0.2, 0.25) is 0 Å². The fourth-order valence-electron chi connectivity index (χ4n) is 1.72. The highest BCUT2D eigenvalue weighted by molar-refractivity contribution is 7.09. The lowest BCUT2D eigenvalue weighted by atomic mass is 10.1. The van der Waals surface area contributed by atoms with Crippen LogP contribution in [0.3, 0.4) is 0 Å². The summed E-state index contributed by atoms with van der Waals surface area (Å²) in [4.78, 5) is 7.08. The Labute approximate surface area is 121 Å². The molecule has 3 nitrogen and oxygen atoms in total. The van der Waals surface area contributed by atoms with Gasteiger partial charge in [-0.15, -0.1) is 17.9 Å². The Balaban J connectivity index is 2.62. The first-order valence-electron chi connectivity index (χ1n) is 6.85. The number of aromatic nitrogens is 1. The van der Waals surface area contributed by atoms with Crippen LogP contribution in [-0.2, 0) is 13.1 Å². The molecule has 0 aliphatic rings. The molecule has 0 bridgehead atoms. The first kappa shape index (κ1) is 16.3. The van der Waals surface area contributed by atoms with Crippen molar-refractivity contribution in [1.29, 1.82) is 0 Å². The SMILES string of the molecule is C=CCN(Cc1csc(CNC(C)C)n1)C(C)(C)C. The Kier molecular flexibility index (Phi) is 6.17. The quantitative estimate of drug-likeness (QED) is 0.776. The highest BCUT2D eigenvalue weighted by Gasteiger charge is 2.21. The summed E-state index contributed by atoms with van der Waals surface area (Å²) in [5, 5.41) is 6.73. The summed E-state index contributed by atoms with van der Waals surface area (Å²) in [6.07, 6.45) is 1.96. The van der Waals surface area contributed by atoms with Crippen LogP contribution in [0.5, 0.6) is 0 Å². The van der Waals surface area contributed by atoms with E-state index < -0.39 is 0 Å². The van der Waals surface area contributed by atoms with E-state index in [9.17, 15) is 0 Å². The van der Waals surface area contributed by atoms with E-state index in [0.717, 1.165) is 30.3 Å². The summed E-state index contributed by atoms with van der Waals surface area (Å²) in [6, 6.07) is 0.499. The fraction of sp³-hybridized carbons (Fsp3) is 0.667. The standard InChI is InChI=1S/C15H27N3S/c1-7-8-18(15(4,5)6)10-13-11-19-14(17-13)9-16-12(2)3/h7,11-12,16H,1,8-10H2,2-6H3. The van der Waals surface area contributed by atoms with Crippen molar-refractivity contribution in [2.75, 3.05) is 6.54 Å². The Morgan fingerprint density at radius 3 is 2.68 bits per heavy atom. The Morgan fingerprint density at radius 1 is 1.47 bits per heavy atom. The van der Waals surface area contributed by atoms with Crippen LogP contribution in [-0.4, -0.2) is 28.0 Å². The third-order valence-corrected chi connectivity index (χ3v) is 3.81. The normalized spacial score (nSPS) is 12.4. The summed E-state index contributed by atoms with van der Waals surface area (Å²) < 4.78 is 0. The van der Waals surface area contributed by atoms with E-state index in [1.165, 1.54) is 0 Å². The van der Waals surface area contributed by atoms with Crippen LogP contribution < -0.4 is 5.32 Å². The van der Waals surface area contributed by atoms with E-state index in [0.29, 0.717) is 6.04 Å². The smallest absolute Gasteiger partial charge is 0.107 e. The number of hydrogen-bond donors (Lipinski definition) is 1. The predicted molar refractivity (Wildman–Crippen MR) is 84.4 cm³/mol. The van der Waals surface area contributed by atoms with Crippen LogP contribution in [0.15, 0.2) is 18.0 Å². The van der Waals surface area contributed by atoms with E-state index >= 15 is 0 Å². The molecule has 4 heteroatoms. The van der Waals surface area contributed by atoms with Gasteiger partial charge in [0.25, 0.3) is 0 Å². The summed E-state index contributed by atoms with van der Waals surface area (Å²) in [6.45, 7) is 17.5. The Hall–Kier alpha value is -0.710. The zero-order chi connectivity index (χ0) is 14.5. The molecule has 0 fully saturated rings. The van der Waals surface area contributed by atoms with Gasteiger partial charge < -0.3 is 5.32 Å². The first-order valence-corrected chi connectivity index (χ1v) is 7.73. The molecule has 0 amide bonds. The van der Waals surface area contributed by atoms with Gasteiger partial charge in [0.1, 0.15) is 5.01 Å². The Morgan fingerprint density at radius 2 is 2.16 bits per heavy atom. The fourth-order valence-corrected chi connectivity index (χ4v) is 2.46. The molecule has 0 spiro atoms. The number of thiazole rings is 1. The van der Waals surface area contributed by atoms with E-state index in [1.807, 2.05) is 6.08 Å². The maximum Gasteiger partial charge on any atom is 0.107 e. The number of rotatable bonds is 7. The van der Waals surface area contributed by atoms with E-state index in [4.69, 9.17) is 4.98 Å². The molecule has 0 saturated carbocycles. The van der Waals surface area contributed by atoms with Gasteiger partial charge in [-0.3, -0.25) is 4.90 Å². The highest BCUT2D eigenvalue weighted by atomic mass is 32.1. The van der Waals surface area contributed by atoms with Gasteiger partial charge in [0.15, 0.2) is 0 Å². The molecule has 1 N–H and O–H groups in total. The van der Waals surface area contributed by atoms with Crippen molar-refractivity contribution in [2.45, 2.75) is 59.3 Å². The molecular formula is C15H27N3S. The number of nitrogens with zero attached hydrogens (tertiary/aromatic N) is 2. The average molecular weight is 281 g/mol. The van der Waals surface area contributed by atoms with Crippen molar-refractivity contribution in [1.82, 2.24) is 15.2 Å². The van der Waals surface area contributed by atoms with Gasteiger partial charge in [0.05, 0.1) is 5.69 Å². The maximum absolute atomic E-state index is 4.70. The van der Waals surface area contributed by atoms with Crippen molar-refractivity contribution >= 4 is 11.3 Å². The third-order valence-electron chi connectivity index (χ3n) is 2.91. The topological polar surface area (TPSA) is 28.2 Å². The van der Waals surface area contributed by atoms with Crippen molar-refractivity contribution in [3.63, 3.8) is 0 Å². The molecule has 108 valence electrons. The van der Waals surface area contributed by atoms with Gasteiger partial charge in [0.2, 0.25) is 0 Å². The summed E-state index contributed by atoms with van der Waals surface area (Å²) in [5.41, 5.74) is 1.29. The van der Waals surface area contributed by atoms with E-state index in [2.05, 4.69) is 56.8 Å². The summed E-state index contributed by atoms with van der Waals surface area (Å²) in [5.74, 6) is 0. The van der Waals surface area contributed by atoms with Crippen molar-refractivity contribution in [3.05, 3.63) is 28.7 Å². The van der Waals surface area contributed by atoms with Crippen molar-refractivity contribution in [3.8, 4) is 0 Å². The van der Waals surface area contributed by atoms with Gasteiger partial charge in [-0.05, 0) is 20.8 Å². The second-order valence-electron chi connectivity index (χ2n) is 6.11. The second kappa shape index (κ2) is 7.17. The predicted octanol–water partition coefficient (Wildman–Crippen LogP) is 3.43. The number of hydrogen-bond acceptors (Lipinski definition) is 4. The van der Waals surface area contributed by atoms with Gasteiger partial charge in [-0.2, -0.15) is 0 Å². The van der Waals surface area contributed by atoms with Crippen LogP contribution >= 0.6 is 11.3 Å². The van der Waals surface area contributed by atoms with E-state index in [-0.39, 0.29) is 5.54 Å². The van der Waals surface area contributed by atoms with Gasteiger partial charge in [-0.1, -0.05) is 19.9 Å². The molecule has 1 rings (SSSR count). The molecule has 0 unspecified atom stereocenters. The minimum absolute atomic E-state index is 0.133. The average Bonchev–Trinajstić information content (AvgIpc) is 2.72. The third kappa shape index (κ3) is 5.85. The van der Waals surface area contributed by atoms with Gasteiger partial charge in [-0.25, -0.2) is 4.98 Å². The zero-order valence-corrected chi connectivity index (χ0v) is 13.7. The molecule has 1 heterocycles. The summed E-state index contributed by atoms with van der Waals surface area (Å²) in [7, 11) is 0. The molecule has 0 aliphatic carbocycles. The maximum atomic E-state index is 4.70. The minimum Gasteiger partial charge on any atom is -0.308 e. The highest BCUT2D eigenvalue weighted by Crippen LogP contribution is 2.18. The molecule has 1 aromatic heterocycles. The molecule has 0 aliphatic heterocycles.